The van der Waals surface area contributed by atoms with Crippen molar-refractivity contribution in [1.82, 2.24) is 0 Å². The van der Waals surface area contributed by atoms with E-state index in [9.17, 15) is 0 Å². The Labute approximate surface area is 59.1 Å². The third-order valence-corrected chi connectivity index (χ3v) is 3.47. The van der Waals surface area contributed by atoms with Crippen LogP contribution < -0.4 is 0 Å². The van der Waals surface area contributed by atoms with Crippen molar-refractivity contribution in [2.45, 2.75) is 12.8 Å². The molecule has 46 valence electrons. The van der Waals surface area contributed by atoms with Crippen LogP contribution in [0.2, 0.25) is 0 Å². The van der Waals surface area contributed by atoms with Crippen molar-refractivity contribution in [3.8, 4) is 0 Å². The summed E-state index contributed by atoms with van der Waals surface area (Å²) in [6.45, 7) is 0. The van der Waals surface area contributed by atoms with Gasteiger partial charge in [-0.15, -0.1) is 23.5 Å². The van der Waals surface area contributed by atoms with Crippen LogP contribution in [0.1, 0.15) is 12.8 Å². The molecule has 1 aliphatic heterocycles. The van der Waals surface area contributed by atoms with Crippen molar-refractivity contribution in [1.29, 1.82) is 0 Å². The molecule has 8 heavy (non-hydrogen) atoms. The molecule has 0 bridgehead atoms. The molecule has 0 aromatic carbocycles. The Hall–Kier alpha value is 0.440. The quantitative estimate of drug-likeness (QED) is 0.558. The second kappa shape index (κ2) is 3.46. The maximum Gasteiger partial charge on any atom is 0.0358 e. The normalized spacial score (nSPS) is 20.4. The Balaban J connectivity index is 2.37. The summed E-state index contributed by atoms with van der Waals surface area (Å²) in [7, 11) is 0. The van der Waals surface area contributed by atoms with E-state index in [1.165, 1.54) is 22.8 Å². The fraction of sp³-hybridized carbons (Fsp3) is 0.667. The van der Waals surface area contributed by atoms with Gasteiger partial charge in [-0.3, -0.25) is 0 Å². The number of hydrogen-bond acceptors (Lipinski definition) is 2. The molecule has 0 aromatic rings. The molecular formula is C6H10S2. The van der Waals surface area contributed by atoms with E-state index >= 15 is 0 Å². The van der Waals surface area contributed by atoms with Gasteiger partial charge in [-0.05, 0) is 24.9 Å². The van der Waals surface area contributed by atoms with E-state index in [4.69, 9.17) is 0 Å². The molecule has 0 nitrogen and oxygen atoms in total. The van der Waals surface area contributed by atoms with Crippen LogP contribution in [0.3, 0.4) is 0 Å². The monoisotopic (exact) mass is 146 g/mol. The van der Waals surface area contributed by atoms with Crippen molar-refractivity contribution in [2.75, 3.05) is 12.0 Å². The van der Waals surface area contributed by atoms with Crippen LogP contribution in [0.4, 0.5) is 0 Å². The van der Waals surface area contributed by atoms with E-state index in [0.717, 1.165) is 0 Å². The zero-order chi connectivity index (χ0) is 5.82. The molecule has 0 fully saturated rings. The van der Waals surface area contributed by atoms with Crippen LogP contribution in [0, 0.1) is 0 Å². The van der Waals surface area contributed by atoms with E-state index in [2.05, 4.69) is 12.3 Å². The average Bonchev–Trinajstić information content (AvgIpc) is 1.90. The lowest BCUT2D eigenvalue weighted by atomic mass is 10.3. The predicted octanol–water partition coefficient (Wildman–Crippen LogP) is 2.72. The minimum absolute atomic E-state index is 1.29. The van der Waals surface area contributed by atoms with Crippen molar-refractivity contribution in [3.63, 3.8) is 0 Å². The molecule has 0 saturated heterocycles. The SMILES string of the molecule is CSC1=CCCCS1. The van der Waals surface area contributed by atoms with Crippen LogP contribution in [-0.2, 0) is 0 Å². The molecule has 0 aliphatic carbocycles. The van der Waals surface area contributed by atoms with Gasteiger partial charge in [0.15, 0.2) is 0 Å². The predicted molar refractivity (Wildman–Crippen MR) is 43.3 cm³/mol. The first-order valence-corrected chi connectivity index (χ1v) is 5.01. The highest BCUT2D eigenvalue weighted by molar-refractivity contribution is 8.22. The van der Waals surface area contributed by atoms with Gasteiger partial charge in [0.1, 0.15) is 0 Å². The van der Waals surface area contributed by atoms with Gasteiger partial charge in [0.05, 0.1) is 0 Å². The Morgan fingerprint density at radius 1 is 1.75 bits per heavy atom. The van der Waals surface area contributed by atoms with Crippen LogP contribution in [0.5, 0.6) is 0 Å². The zero-order valence-corrected chi connectivity index (χ0v) is 6.65. The third kappa shape index (κ3) is 1.75. The van der Waals surface area contributed by atoms with Gasteiger partial charge in [0, 0.05) is 4.24 Å². The van der Waals surface area contributed by atoms with E-state index in [-0.39, 0.29) is 0 Å². The molecule has 0 radical (unpaired) electrons. The minimum atomic E-state index is 1.29. The maximum atomic E-state index is 2.33. The summed E-state index contributed by atoms with van der Waals surface area (Å²) in [4.78, 5) is 0. The summed E-state index contributed by atoms with van der Waals surface area (Å²) in [5.74, 6) is 1.33. The van der Waals surface area contributed by atoms with Crippen LogP contribution >= 0.6 is 23.5 Å². The van der Waals surface area contributed by atoms with Gasteiger partial charge in [-0.1, -0.05) is 6.08 Å². The summed E-state index contributed by atoms with van der Waals surface area (Å²) >= 11 is 3.86. The Morgan fingerprint density at radius 3 is 3.00 bits per heavy atom. The summed E-state index contributed by atoms with van der Waals surface area (Å²) in [6.07, 6.45) is 7.14. The molecule has 0 unspecified atom stereocenters. The highest BCUT2D eigenvalue weighted by Crippen LogP contribution is 2.31. The van der Waals surface area contributed by atoms with Crippen LogP contribution in [0.25, 0.3) is 0 Å². The van der Waals surface area contributed by atoms with Gasteiger partial charge in [-0.2, -0.15) is 0 Å². The van der Waals surface area contributed by atoms with Gasteiger partial charge in [0.25, 0.3) is 0 Å². The first-order valence-electron chi connectivity index (χ1n) is 2.80. The van der Waals surface area contributed by atoms with E-state index in [0.29, 0.717) is 0 Å². The Bertz CT molecular complexity index is 96.7. The third-order valence-electron chi connectivity index (χ3n) is 1.10. The standard InChI is InChI=1S/C6H10S2/c1-7-6-4-2-3-5-8-6/h4H,2-3,5H2,1H3. The lowest BCUT2D eigenvalue weighted by Gasteiger charge is -2.07. The minimum Gasteiger partial charge on any atom is -0.123 e. The smallest absolute Gasteiger partial charge is 0.0358 e. The van der Waals surface area contributed by atoms with E-state index in [1.54, 1.807) is 0 Å². The highest BCUT2D eigenvalue weighted by atomic mass is 32.2. The topological polar surface area (TPSA) is 0 Å². The lowest BCUT2D eigenvalue weighted by molar-refractivity contribution is 0.964. The van der Waals surface area contributed by atoms with E-state index < -0.39 is 0 Å². The highest BCUT2D eigenvalue weighted by Gasteiger charge is 2.00. The molecule has 0 saturated carbocycles. The summed E-state index contributed by atoms with van der Waals surface area (Å²) in [5, 5.41) is 0. The molecule has 0 atom stereocenters. The lowest BCUT2D eigenvalue weighted by Crippen LogP contribution is -1.85. The number of rotatable bonds is 1. The fourth-order valence-electron chi connectivity index (χ4n) is 0.677. The Morgan fingerprint density at radius 2 is 2.62 bits per heavy atom. The molecule has 1 rings (SSSR count). The second-order valence-corrected chi connectivity index (χ2v) is 3.96. The van der Waals surface area contributed by atoms with Crippen molar-refractivity contribution in [3.05, 3.63) is 10.3 Å². The second-order valence-electron chi connectivity index (χ2n) is 1.72. The van der Waals surface area contributed by atoms with Crippen LogP contribution in [-0.4, -0.2) is 12.0 Å². The molecular weight excluding hydrogens is 136 g/mol. The maximum absolute atomic E-state index is 2.33. The number of thioether (sulfide) groups is 2. The van der Waals surface area contributed by atoms with Gasteiger partial charge in [0.2, 0.25) is 0 Å². The number of hydrogen-bond donors (Lipinski definition) is 0. The summed E-state index contributed by atoms with van der Waals surface area (Å²) in [6, 6.07) is 0. The average molecular weight is 146 g/mol. The van der Waals surface area contributed by atoms with Crippen molar-refractivity contribution < 1.29 is 0 Å². The van der Waals surface area contributed by atoms with Crippen molar-refractivity contribution >= 4 is 23.5 Å². The summed E-state index contributed by atoms with van der Waals surface area (Å²) in [5.41, 5.74) is 0. The zero-order valence-electron chi connectivity index (χ0n) is 5.02. The largest absolute Gasteiger partial charge is 0.123 e. The number of allylic oxidation sites excluding steroid dienone is 1. The van der Waals surface area contributed by atoms with E-state index in [1.807, 2.05) is 23.5 Å². The first kappa shape index (κ1) is 6.56. The van der Waals surface area contributed by atoms with Crippen LogP contribution in [0.15, 0.2) is 10.3 Å². The fourth-order valence-corrected chi connectivity index (χ4v) is 2.43. The molecule has 1 heterocycles. The molecule has 0 amide bonds. The molecule has 2 heteroatoms. The van der Waals surface area contributed by atoms with Gasteiger partial charge < -0.3 is 0 Å². The molecule has 0 aromatic heterocycles. The summed E-state index contributed by atoms with van der Waals surface area (Å²) < 4.78 is 1.51. The Kier molecular flexibility index (Phi) is 2.84. The molecule has 1 aliphatic rings. The first-order chi connectivity index (χ1) is 3.93. The van der Waals surface area contributed by atoms with Gasteiger partial charge >= 0.3 is 0 Å². The molecule has 0 spiro atoms. The molecule has 0 N–H and O–H groups in total. The van der Waals surface area contributed by atoms with Gasteiger partial charge in [-0.25, -0.2) is 0 Å². The van der Waals surface area contributed by atoms with Crippen molar-refractivity contribution in [2.24, 2.45) is 0 Å².